The molecule has 3 atom stereocenters. The van der Waals surface area contributed by atoms with Crippen LogP contribution in [0.15, 0.2) is 11.4 Å². The molecule has 3 aliphatic rings. The van der Waals surface area contributed by atoms with E-state index in [2.05, 4.69) is 39.2 Å². The van der Waals surface area contributed by atoms with Gasteiger partial charge in [-0.2, -0.15) is 10.1 Å². The zero-order valence-electron chi connectivity index (χ0n) is 19.8. The van der Waals surface area contributed by atoms with Gasteiger partial charge in [0.05, 0.1) is 18.5 Å². The number of aromatic nitrogens is 4. The summed E-state index contributed by atoms with van der Waals surface area (Å²) in [6.07, 6.45) is 10.0. The second kappa shape index (κ2) is 9.15. The van der Waals surface area contributed by atoms with E-state index in [-0.39, 0.29) is 24.1 Å². The molecule has 10 heteroatoms. The molecule has 4 heterocycles. The van der Waals surface area contributed by atoms with E-state index in [1.54, 1.807) is 0 Å². The molecule has 2 aromatic rings. The van der Waals surface area contributed by atoms with Crippen LogP contribution in [-0.4, -0.2) is 79.5 Å². The Labute approximate surface area is 194 Å². The lowest BCUT2D eigenvalue weighted by Gasteiger charge is -2.26. The van der Waals surface area contributed by atoms with E-state index in [1.165, 1.54) is 25.6 Å². The number of rotatable bonds is 5. The minimum absolute atomic E-state index is 0.0240. The fourth-order valence-electron chi connectivity index (χ4n) is 5.28. The molecule has 1 aliphatic carbocycles. The third-order valence-corrected chi connectivity index (χ3v) is 7.29. The Balaban J connectivity index is 1.28. The monoisotopic (exact) mass is 454 g/mol. The quantitative estimate of drug-likeness (QED) is 0.745. The molecule has 1 N–H and O–H groups in total. The van der Waals surface area contributed by atoms with E-state index in [1.807, 2.05) is 22.7 Å². The van der Waals surface area contributed by atoms with Crippen molar-refractivity contribution in [1.82, 2.24) is 34.7 Å². The van der Waals surface area contributed by atoms with Gasteiger partial charge in [-0.15, -0.1) is 0 Å². The van der Waals surface area contributed by atoms with Crippen LogP contribution in [0.2, 0.25) is 0 Å². The number of likely N-dealkylation sites (N-methyl/N-ethyl adjacent to an activating group) is 1. The molecule has 178 valence electrons. The molecule has 3 unspecified atom stereocenters. The summed E-state index contributed by atoms with van der Waals surface area (Å²) in [6.45, 7) is 6.37. The molecule has 0 bridgehead atoms. The largest absolute Gasteiger partial charge is 0.471 e. The maximum atomic E-state index is 12.7. The van der Waals surface area contributed by atoms with E-state index in [9.17, 15) is 4.79 Å². The molecule has 2 fully saturated rings. The van der Waals surface area contributed by atoms with Crippen LogP contribution >= 0.6 is 0 Å². The zero-order chi connectivity index (χ0) is 22.9. The number of hydrogen-bond acceptors (Lipinski definition) is 7. The lowest BCUT2D eigenvalue weighted by atomic mass is 9.96. The van der Waals surface area contributed by atoms with Gasteiger partial charge in [0.25, 0.3) is 0 Å². The van der Waals surface area contributed by atoms with Gasteiger partial charge >= 0.3 is 6.03 Å². The number of hydrazone groups is 1. The summed E-state index contributed by atoms with van der Waals surface area (Å²) in [4.78, 5) is 28.3. The molecule has 0 spiro atoms. The molecule has 0 radical (unpaired) electrons. The number of nitrogens with zero attached hydrogens (tertiary/aromatic N) is 7. The number of nitrogens with one attached hydrogen (secondary N) is 1. The smallest absolute Gasteiger partial charge is 0.317 e. The van der Waals surface area contributed by atoms with Crippen LogP contribution in [0, 0.1) is 0 Å². The summed E-state index contributed by atoms with van der Waals surface area (Å²) in [7, 11) is 1.98. The summed E-state index contributed by atoms with van der Waals surface area (Å²) in [5, 5.41) is 9.79. The summed E-state index contributed by atoms with van der Waals surface area (Å²) >= 11 is 0. The first-order valence-electron chi connectivity index (χ1n) is 12.2. The number of fused-ring (bicyclic) bond motifs is 1. The molecule has 1 saturated carbocycles. The molecular weight excluding hydrogens is 420 g/mol. The summed E-state index contributed by atoms with van der Waals surface area (Å²) in [5.74, 6) is 1.47. The predicted molar refractivity (Wildman–Crippen MR) is 125 cm³/mol. The number of hydrogen-bond donors (Lipinski definition) is 1. The van der Waals surface area contributed by atoms with Crippen molar-refractivity contribution < 1.29 is 9.53 Å². The van der Waals surface area contributed by atoms with Gasteiger partial charge in [0.15, 0.2) is 11.2 Å². The van der Waals surface area contributed by atoms with E-state index in [0.717, 1.165) is 37.3 Å². The minimum Gasteiger partial charge on any atom is -0.471 e. The standard InChI is InChI=1S/C23H34N8O2/c1-4-31-15(2)18(12-26-31)20-28-19-21(29(20)3)24-14-25-22(19)33-17-10-11-30(13-17)23(32)27-16-8-6-5-7-9-16/h12,14-18H,4-11,13H2,1-3H3,(H,27,32). The number of aryl methyl sites for hydroxylation is 1. The van der Waals surface area contributed by atoms with Crippen molar-refractivity contribution in [2.75, 3.05) is 19.6 Å². The summed E-state index contributed by atoms with van der Waals surface area (Å²) in [5.41, 5.74) is 1.41. The van der Waals surface area contributed by atoms with E-state index < -0.39 is 0 Å². The Kier molecular flexibility index (Phi) is 6.07. The first-order chi connectivity index (χ1) is 16.0. The predicted octanol–water partition coefficient (Wildman–Crippen LogP) is 2.65. The Morgan fingerprint density at radius 2 is 2.03 bits per heavy atom. The molecule has 5 rings (SSSR count). The van der Waals surface area contributed by atoms with Crippen molar-refractivity contribution >= 4 is 23.4 Å². The fourth-order valence-corrected chi connectivity index (χ4v) is 5.28. The molecule has 2 amide bonds. The van der Waals surface area contributed by atoms with E-state index in [0.29, 0.717) is 30.5 Å². The maximum absolute atomic E-state index is 12.7. The van der Waals surface area contributed by atoms with Crippen LogP contribution < -0.4 is 10.1 Å². The topological polar surface area (TPSA) is 101 Å². The van der Waals surface area contributed by atoms with Gasteiger partial charge in [-0.25, -0.2) is 14.8 Å². The number of carbonyl (C=O) groups excluding carboxylic acids is 1. The van der Waals surface area contributed by atoms with Gasteiger partial charge in [-0.05, 0) is 26.7 Å². The highest BCUT2D eigenvalue weighted by Crippen LogP contribution is 2.31. The summed E-state index contributed by atoms with van der Waals surface area (Å²) < 4.78 is 8.28. The second-order valence-corrected chi connectivity index (χ2v) is 9.43. The first-order valence-corrected chi connectivity index (χ1v) is 12.2. The van der Waals surface area contributed by atoms with Gasteiger partial charge < -0.3 is 19.5 Å². The van der Waals surface area contributed by atoms with Crippen LogP contribution in [-0.2, 0) is 7.05 Å². The van der Waals surface area contributed by atoms with Crippen molar-refractivity contribution in [2.45, 2.75) is 76.5 Å². The average molecular weight is 455 g/mol. The van der Waals surface area contributed by atoms with Gasteiger partial charge in [0, 0.05) is 38.8 Å². The highest BCUT2D eigenvalue weighted by Gasteiger charge is 2.33. The fraction of sp³-hybridized carbons (Fsp3) is 0.696. The number of ether oxygens (including phenoxy) is 1. The number of carbonyl (C=O) groups is 1. The Morgan fingerprint density at radius 1 is 1.21 bits per heavy atom. The zero-order valence-corrected chi connectivity index (χ0v) is 19.8. The van der Waals surface area contributed by atoms with E-state index in [4.69, 9.17) is 9.72 Å². The van der Waals surface area contributed by atoms with Crippen molar-refractivity contribution in [3.63, 3.8) is 0 Å². The van der Waals surface area contributed by atoms with Gasteiger partial charge in [0.2, 0.25) is 5.88 Å². The third kappa shape index (κ3) is 4.22. The number of amides is 2. The minimum atomic E-state index is -0.104. The highest BCUT2D eigenvalue weighted by atomic mass is 16.5. The number of imidazole rings is 1. The van der Waals surface area contributed by atoms with Crippen LogP contribution in [0.1, 0.15) is 64.1 Å². The van der Waals surface area contributed by atoms with Crippen molar-refractivity contribution in [3.8, 4) is 5.88 Å². The first kappa shape index (κ1) is 21.9. The van der Waals surface area contributed by atoms with Gasteiger partial charge in [0.1, 0.15) is 18.3 Å². The molecule has 0 aromatic carbocycles. The normalized spacial score (nSPS) is 25.8. The van der Waals surface area contributed by atoms with Crippen molar-refractivity contribution in [2.24, 2.45) is 12.1 Å². The van der Waals surface area contributed by atoms with Crippen LogP contribution in [0.4, 0.5) is 4.79 Å². The lowest BCUT2D eigenvalue weighted by molar-refractivity contribution is 0.180. The Morgan fingerprint density at radius 3 is 2.79 bits per heavy atom. The second-order valence-electron chi connectivity index (χ2n) is 9.43. The SMILES string of the molecule is CCN1N=CC(c2nc3c(OC4CCN(C(=O)NC5CCCCC5)C4)ncnc3n2C)C1C. The summed E-state index contributed by atoms with van der Waals surface area (Å²) in [6, 6.07) is 0.564. The average Bonchev–Trinajstić information content (AvgIpc) is 3.53. The third-order valence-electron chi connectivity index (χ3n) is 7.29. The molecule has 33 heavy (non-hydrogen) atoms. The molecule has 2 aliphatic heterocycles. The Bertz CT molecular complexity index is 1030. The molecular formula is C23H34N8O2. The van der Waals surface area contributed by atoms with E-state index >= 15 is 0 Å². The molecule has 10 nitrogen and oxygen atoms in total. The Hall–Kier alpha value is -2.91. The van der Waals surface area contributed by atoms with Crippen molar-refractivity contribution in [1.29, 1.82) is 0 Å². The number of likely N-dealkylation sites (tertiary alicyclic amines) is 1. The van der Waals surface area contributed by atoms with Gasteiger partial charge in [-0.3, -0.25) is 5.01 Å². The molecule has 2 aromatic heterocycles. The highest BCUT2D eigenvalue weighted by molar-refractivity contribution is 5.79. The van der Waals surface area contributed by atoms with Crippen LogP contribution in [0.3, 0.4) is 0 Å². The maximum Gasteiger partial charge on any atom is 0.317 e. The van der Waals surface area contributed by atoms with Crippen LogP contribution in [0.5, 0.6) is 5.88 Å². The lowest BCUT2D eigenvalue weighted by Crippen LogP contribution is -2.45. The van der Waals surface area contributed by atoms with Crippen molar-refractivity contribution in [3.05, 3.63) is 12.2 Å². The van der Waals surface area contributed by atoms with Gasteiger partial charge in [-0.1, -0.05) is 19.3 Å². The number of urea groups is 1. The van der Waals surface area contributed by atoms with Crippen LogP contribution in [0.25, 0.3) is 11.2 Å². The molecule has 1 saturated heterocycles.